The van der Waals surface area contributed by atoms with Gasteiger partial charge in [0.25, 0.3) is 5.91 Å². The first-order valence-electron chi connectivity index (χ1n) is 9.30. The van der Waals surface area contributed by atoms with Gasteiger partial charge in [-0.05, 0) is 48.4 Å². The number of nitrogens with one attached hydrogen (secondary N) is 2. The molecule has 29 heavy (non-hydrogen) atoms. The van der Waals surface area contributed by atoms with Crippen LogP contribution in [0.4, 0.5) is 0 Å². The maximum Gasteiger partial charge on any atom is 0.250 e. The van der Waals surface area contributed by atoms with Crippen molar-refractivity contribution < 1.29 is 18.3 Å². The zero-order valence-electron chi connectivity index (χ0n) is 16.3. The average molecular weight is 413 g/mol. The lowest BCUT2D eigenvalue weighted by Gasteiger charge is -2.18. The summed E-state index contributed by atoms with van der Waals surface area (Å²) in [7, 11) is -3.80. The summed E-state index contributed by atoms with van der Waals surface area (Å²) in [5, 5.41) is 15.0. The molecule has 3 rings (SSSR count). The summed E-state index contributed by atoms with van der Waals surface area (Å²) in [4.78, 5) is 12.4. The minimum Gasteiger partial charge on any atom is -0.382 e. The molecule has 0 aliphatic heterocycles. The molecule has 0 saturated heterocycles. The van der Waals surface area contributed by atoms with Crippen LogP contribution in [0.25, 0.3) is 10.8 Å². The fraction of sp³-hybridized carbons (Fsp3) is 0.227. The molecule has 0 saturated carbocycles. The van der Waals surface area contributed by atoms with E-state index in [9.17, 15) is 18.3 Å². The Hall–Kier alpha value is -2.74. The highest BCUT2D eigenvalue weighted by Crippen LogP contribution is 2.20. The van der Waals surface area contributed by atoms with Gasteiger partial charge in [0.05, 0.1) is 10.9 Å². The Balaban J connectivity index is 1.60. The number of sulfonamides is 1. The number of amides is 1. The van der Waals surface area contributed by atoms with Crippen LogP contribution in [-0.4, -0.2) is 32.1 Å². The smallest absolute Gasteiger partial charge is 0.250 e. The number of benzene rings is 3. The van der Waals surface area contributed by atoms with Crippen molar-refractivity contribution in [3.63, 3.8) is 0 Å². The second-order valence-corrected chi connectivity index (χ2v) is 8.78. The summed E-state index contributed by atoms with van der Waals surface area (Å²) >= 11 is 0. The topological polar surface area (TPSA) is 95.5 Å². The number of aryl methyl sites for hydroxylation is 1. The predicted octanol–water partition coefficient (Wildman–Crippen LogP) is 2.66. The van der Waals surface area contributed by atoms with Crippen molar-refractivity contribution >= 4 is 26.7 Å². The molecule has 3 N–H and O–H groups in total. The quantitative estimate of drug-likeness (QED) is 0.556. The molecule has 152 valence electrons. The van der Waals surface area contributed by atoms with Gasteiger partial charge in [0.2, 0.25) is 10.0 Å². The van der Waals surface area contributed by atoms with Gasteiger partial charge in [-0.1, -0.05) is 54.1 Å². The van der Waals surface area contributed by atoms with Crippen molar-refractivity contribution in [1.29, 1.82) is 0 Å². The highest BCUT2D eigenvalue weighted by atomic mass is 32.2. The maximum absolute atomic E-state index is 12.3. The molecular weight excluding hydrogens is 388 g/mol. The Labute approximate surface area is 170 Å². The number of carbonyl (C=O) groups is 1. The van der Waals surface area contributed by atoms with Gasteiger partial charge in [-0.15, -0.1) is 0 Å². The first-order chi connectivity index (χ1) is 13.8. The van der Waals surface area contributed by atoms with Crippen LogP contribution in [-0.2, 0) is 14.8 Å². The summed E-state index contributed by atoms with van der Waals surface area (Å²) in [6, 6.07) is 19.8. The van der Waals surface area contributed by atoms with E-state index in [2.05, 4.69) is 10.0 Å². The lowest BCUT2D eigenvalue weighted by molar-refractivity contribution is -0.129. The van der Waals surface area contributed by atoms with Crippen LogP contribution in [0.15, 0.2) is 71.6 Å². The third-order valence-electron chi connectivity index (χ3n) is 4.73. The fourth-order valence-electron chi connectivity index (χ4n) is 2.95. The van der Waals surface area contributed by atoms with Crippen molar-refractivity contribution in [1.82, 2.24) is 10.0 Å². The first-order valence-corrected chi connectivity index (χ1v) is 10.8. The van der Waals surface area contributed by atoms with E-state index in [1.54, 1.807) is 12.1 Å². The van der Waals surface area contributed by atoms with Crippen LogP contribution in [0.1, 0.15) is 24.1 Å². The number of carbonyl (C=O) groups excluding carboxylic acids is 1. The molecular formula is C22H24N2O4S. The Morgan fingerprint density at radius 3 is 2.34 bits per heavy atom. The molecule has 0 radical (unpaired) electrons. The number of aliphatic hydroxyl groups excluding tert-OH is 1. The van der Waals surface area contributed by atoms with E-state index in [4.69, 9.17) is 0 Å². The minimum atomic E-state index is -3.80. The molecule has 1 amide bonds. The Kier molecular flexibility index (Phi) is 6.32. The molecule has 0 heterocycles. The normalized spacial score (nSPS) is 13.8. The van der Waals surface area contributed by atoms with E-state index >= 15 is 0 Å². The van der Waals surface area contributed by atoms with Crippen LogP contribution in [0, 0.1) is 6.92 Å². The standard InChI is InChI=1S/C22H24N2O4S/c1-15-7-11-20(12-8-15)29(27,28)23-14-21(25)22(26)24-16(2)18-10-9-17-5-3-4-6-19(17)13-18/h3-13,16,21,23,25H,14H2,1-2H3,(H,24,26)/t16-,21+/m0/s1. The molecule has 0 unspecified atom stereocenters. The Morgan fingerprint density at radius 2 is 1.66 bits per heavy atom. The third-order valence-corrected chi connectivity index (χ3v) is 6.17. The molecule has 0 aliphatic carbocycles. The van der Waals surface area contributed by atoms with Gasteiger partial charge in [-0.3, -0.25) is 4.79 Å². The van der Waals surface area contributed by atoms with Crippen LogP contribution in [0.2, 0.25) is 0 Å². The number of hydrogen-bond donors (Lipinski definition) is 3. The minimum absolute atomic E-state index is 0.0836. The summed E-state index contributed by atoms with van der Waals surface area (Å²) < 4.78 is 26.8. The zero-order valence-corrected chi connectivity index (χ0v) is 17.1. The van der Waals surface area contributed by atoms with E-state index in [1.165, 1.54) is 12.1 Å². The molecule has 0 fully saturated rings. The van der Waals surface area contributed by atoms with E-state index in [0.717, 1.165) is 21.9 Å². The van der Waals surface area contributed by atoms with Crippen LogP contribution in [0.5, 0.6) is 0 Å². The predicted molar refractivity (Wildman–Crippen MR) is 113 cm³/mol. The average Bonchev–Trinajstić information content (AvgIpc) is 2.72. The van der Waals surface area contributed by atoms with E-state index < -0.39 is 28.6 Å². The molecule has 0 bridgehead atoms. The van der Waals surface area contributed by atoms with Crippen molar-refractivity contribution in [2.24, 2.45) is 0 Å². The molecule has 6 nitrogen and oxygen atoms in total. The third kappa shape index (κ3) is 5.20. The van der Waals surface area contributed by atoms with E-state index in [0.29, 0.717) is 0 Å². The monoisotopic (exact) mass is 412 g/mol. The molecule has 3 aromatic carbocycles. The first kappa shape index (κ1) is 21.0. The largest absolute Gasteiger partial charge is 0.382 e. The van der Waals surface area contributed by atoms with Crippen LogP contribution < -0.4 is 10.0 Å². The van der Waals surface area contributed by atoms with E-state index in [-0.39, 0.29) is 10.9 Å². The van der Waals surface area contributed by atoms with Crippen LogP contribution >= 0.6 is 0 Å². The zero-order chi connectivity index (χ0) is 21.0. The van der Waals surface area contributed by atoms with Gasteiger partial charge in [-0.25, -0.2) is 13.1 Å². The molecule has 7 heteroatoms. The number of rotatable bonds is 7. The van der Waals surface area contributed by atoms with Gasteiger partial charge in [0.1, 0.15) is 6.10 Å². The molecule has 0 spiro atoms. The molecule has 3 aromatic rings. The van der Waals surface area contributed by atoms with Crippen LogP contribution in [0.3, 0.4) is 0 Å². The highest BCUT2D eigenvalue weighted by molar-refractivity contribution is 7.89. The maximum atomic E-state index is 12.3. The summed E-state index contributed by atoms with van der Waals surface area (Å²) in [6.45, 7) is 3.26. The second kappa shape index (κ2) is 8.73. The second-order valence-electron chi connectivity index (χ2n) is 7.02. The lowest BCUT2D eigenvalue weighted by Crippen LogP contribution is -2.43. The van der Waals surface area contributed by atoms with Crippen molar-refractivity contribution in [2.75, 3.05) is 6.54 Å². The lowest BCUT2D eigenvalue weighted by atomic mass is 10.0. The van der Waals surface area contributed by atoms with Crippen molar-refractivity contribution in [3.8, 4) is 0 Å². The van der Waals surface area contributed by atoms with Gasteiger partial charge in [0.15, 0.2) is 0 Å². The fourth-order valence-corrected chi connectivity index (χ4v) is 3.99. The van der Waals surface area contributed by atoms with Gasteiger partial charge in [-0.2, -0.15) is 0 Å². The molecule has 0 aliphatic rings. The van der Waals surface area contributed by atoms with Crippen molar-refractivity contribution in [3.05, 3.63) is 77.9 Å². The summed E-state index contributed by atoms with van der Waals surface area (Å²) in [6.07, 6.45) is -1.50. The molecule has 0 aromatic heterocycles. The van der Waals surface area contributed by atoms with E-state index in [1.807, 2.05) is 56.3 Å². The molecule has 2 atom stereocenters. The van der Waals surface area contributed by atoms with Gasteiger partial charge >= 0.3 is 0 Å². The Morgan fingerprint density at radius 1 is 1.00 bits per heavy atom. The highest BCUT2D eigenvalue weighted by Gasteiger charge is 2.21. The summed E-state index contributed by atoms with van der Waals surface area (Å²) in [5.74, 6) is -0.641. The summed E-state index contributed by atoms with van der Waals surface area (Å²) in [5.41, 5.74) is 1.83. The number of aliphatic hydroxyl groups is 1. The van der Waals surface area contributed by atoms with Crippen molar-refractivity contribution in [2.45, 2.75) is 30.9 Å². The SMILES string of the molecule is Cc1ccc(S(=O)(=O)NC[C@@H](O)C(=O)N[C@@H](C)c2ccc3ccccc3c2)cc1. The van der Waals surface area contributed by atoms with Gasteiger partial charge < -0.3 is 10.4 Å². The number of hydrogen-bond acceptors (Lipinski definition) is 4. The Bertz CT molecular complexity index is 1110. The van der Waals surface area contributed by atoms with Gasteiger partial charge in [0, 0.05) is 6.54 Å². The number of fused-ring (bicyclic) bond motifs is 1.